The minimum absolute atomic E-state index is 0.0629. The molecule has 0 radical (unpaired) electrons. The summed E-state index contributed by atoms with van der Waals surface area (Å²) in [5, 5.41) is 0. The molecule has 0 fully saturated rings. The molecule has 2 atom stereocenters. The zero-order valence-corrected chi connectivity index (χ0v) is 43.9. The molecular formula is C58H112O6. The Morgan fingerprint density at radius 2 is 0.594 bits per heavy atom. The van der Waals surface area contributed by atoms with Crippen LogP contribution in [0.5, 0.6) is 0 Å². The number of carbonyl (C=O) groups excluding carboxylic acids is 3. The van der Waals surface area contributed by atoms with Crippen molar-refractivity contribution < 1.29 is 28.6 Å². The van der Waals surface area contributed by atoms with E-state index in [0.29, 0.717) is 19.3 Å². The Labute approximate surface area is 399 Å². The molecule has 0 saturated heterocycles. The lowest BCUT2D eigenvalue weighted by molar-refractivity contribution is -0.167. The van der Waals surface area contributed by atoms with Crippen LogP contribution in [0, 0.1) is 11.8 Å². The molecule has 64 heavy (non-hydrogen) atoms. The summed E-state index contributed by atoms with van der Waals surface area (Å²) >= 11 is 0. The highest BCUT2D eigenvalue weighted by Crippen LogP contribution is 2.18. The predicted octanol–water partition coefficient (Wildman–Crippen LogP) is 18.9. The van der Waals surface area contributed by atoms with Gasteiger partial charge in [0.05, 0.1) is 0 Å². The molecule has 0 aromatic heterocycles. The first kappa shape index (κ1) is 62.4. The molecule has 0 aromatic carbocycles. The first-order valence-corrected chi connectivity index (χ1v) is 28.8. The van der Waals surface area contributed by atoms with Gasteiger partial charge in [0.15, 0.2) is 6.10 Å². The number of carbonyl (C=O) groups is 3. The van der Waals surface area contributed by atoms with Crippen molar-refractivity contribution in [3.8, 4) is 0 Å². The minimum Gasteiger partial charge on any atom is -0.462 e. The Bertz CT molecular complexity index is 980. The first-order valence-electron chi connectivity index (χ1n) is 28.8. The van der Waals surface area contributed by atoms with E-state index in [1.807, 2.05) is 0 Å². The van der Waals surface area contributed by atoms with Gasteiger partial charge in [-0.2, -0.15) is 0 Å². The molecular weight excluding hydrogens is 793 g/mol. The highest BCUT2D eigenvalue weighted by Gasteiger charge is 2.19. The number of unbranched alkanes of at least 4 members (excludes halogenated alkanes) is 36. The fourth-order valence-corrected chi connectivity index (χ4v) is 8.84. The maximum absolute atomic E-state index is 12.8. The van der Waals surface area contributed by atoms with Crippen molar-refractivity contribution in [2.45, 2.75) is 330 Å². The van der Waals surface area contributed by atoms with Crippen molar-refractivity contribution in [1.82, 2.24) is 0 Å². The van der Waals surface area contributed by atoms with Crippen molar-refractivity contribution >= 4 is 17.9 Å². The van der Waals surface area contributed by atoms with Gasteiger partial charge in [0.25, 0.3) is 0 Å². The fourth-order valence-electron chi connectivity index (χ4n) is 8.84. The van der Waals surface area contributed by atoms with Crippen molar-refractivity contribution in [3.05, 3.63) is 0 Å². The Balaban J connectivity index is 4.22. The van der Waals surface area contributed by atoms with E-state index in [1.165, 1.54) is 212 Å². The molecule has 0 aliphatic heterocycles. The van der Waals surface area contributed by atoms with E-state index in [2.05, 4.69) is 34.6 Å². The van der Waals surface area contributed by atoms with Gasteiger partial charge in [0, 0.05) is 19.3 Å². The third-order valence-corrected chi connectivity index (χ3v) is 13.6. The molecule has 0 aliphatic carbocycles. The van der Waals surface area contributed by atoms with Crippen molar-refractivity contribution in [2.75, 3.05) is 13.2 Å². The third-order valence-electron chi connectivity index (χ3n) is 13.6. The van der Waals surface area contributed by atoms with Crippen molar-refractivity contribution in [3.63, 3.8) is 0 Å². The molecule has 6 nitrogen and oxygen atoms in total. The fraction of sp³-hybridized carbons (Fsp3) is 0.948. The summed E-state index contributed by atoms with van der Waals surface area (Å²) in [4.78, 5) is 38.1. The van der Waals surface area contributed by atoms with Crippen LogP contribution in [0.15, 0.2) is 0 Å². The van der Waals surface area contributed by atoms with Gasteiger partial charge in [-0.3, -0.25) is 14.4 Å². The van der Waals surface area contributed by atoms with E-state index >= 15 is 0 Å². The zero-order valence-electron chi connectivity index (χ0n) is 43.9. The number of hydrogen-bond acceptors (Lipinski definition) is 6. The molecule has 1 unspecified atom stereocenters. The standard InChI is InChI=1S/C58H112O6/c1-6-8-9-10-11-12-21-28-33-38-43-48-56(59)62-51-55(64-58(61)50-45-40-35-30-25-24-27-32-37-42-47-54(5)7-2)52-63-57(60)49-44-39-34-29-23-20-18-16-14-13-15-17-19-22-26-31-36-41-46-53(3)4/h53-55H,6-52H2,1-5H3/t54?,55-/m1/s1. The van der Waals surface area contributed by atoms with E-state index in [4.69, 9.17) is 14.2 Å². The molecule has 0 N–H and O–H groups in total. The quantitative estimate of drug-likeness (QED) is 0.0344. The summed E-state index contributed by atoms with van der Waals surface area (Å²) in [6.45, 7) is 11.4. The number of hydrogen-bond donors (Lipinski definition) is 0. The lowest BCUT2D eigenvalue weighted by Gasteiger charge is -2.18. The van der Waals surface area contributed by atoms with Crippen LogP contribution in [0.2, 0.25) is 0 Å². The van der Waals surface area contributed by atoms with E-state index < -0.39 is 6.10 Å². The summed E-state index contributed by atoms with van der Waals surface area (Å²) in [5.41, 5.74) is 0. The number of ether oxygens (including phenoxy) is 3. The molecule has 0 amide bonds. The Kier molecular flexibility index (Phi) is 49.6. The van der Waals surface area contributed by atoms with Crippen LogP contribution in [0.1, 0.15) is 324 Å². The second-order valence-electron chi connectivity index (χ2n) is 20.6. The van der Waals surface area contributed by atoms with Crippen molar-refractivity contribution in [1.29, 1.82) is 0 Å². The average molecular weight is 906 g/mol. The van der Waals surface area contributed by atoms with Crippen LogP contribution in [0.25, 0.3) is 0 Å². The van der Waals surface area contributed by atoms with Gasteiger partial charge in [0.1, 0.15) is 13.2 Å². The van der Waals surface area contributed by atoms with Gasteiger partial charge in [-0.1, -0.05) is 285 Å². The molecule has 0 aromatic rings. The number of rotatable bonds is 52. The maximum Gasteiger partial charge on any atom is 0.306 e. The maximum atomic E-state index is 12.8. The van der Waals surface area contributed by atoms with Crippen molar-refractivity contribution in [2.24, 2.45) is 11.8 Å². The van der Waals surface area contributed by atoms with Gasteiger partial charge in [0.2, 0.25) is 0 Å². The Morgan fingerprint density at radius 3 is 0.891 bits per heavy atom. The van der Waals surface area contributed by atoms with Gasteiger partial charge in [-0.25, -0.2) is 0 Å². The lowest BCUT2D eigenvalue weighted by atomic mass is 9.99. The summed E-state index contributed by atoms with van der Waals surface area (Å²) < 4.78 is 16.9. The molecule has 0 saturated carbocycles. The average Bonchev–Trinajstić information content (AvgIpc) is 3.28. The topological polar surface area (TPSA) is 78.9 Å². The summed E-state index contributed by atoms with van der Waals surface area (Å²) in [5.74, 6) is 0.885. The largest absolute Gasteiger partial charge is 0.462 e. The minimum atomic E-state index is -0.762. The molecule has 0 rings (SSSR count). The van der Waals surface area contributed by atoms with E-state index in [-0.39, 0.29) is 31.1 Å². The number of esters is 3. The first-order chi connectivity index (χ1) is 31.3. The molecule has 0 heterocycles. The molecule has 0 aliphatic rings. The molecule has 0 spiro atoms. The molecule has 6 heteroatoms. The van der Waals surface area contributed by atoms with Crippen LogP contribution in [-0.4, -0.2) is 37.2 Å². The predicted molar refractivity (Wildman–Crippen MR) is 275 cm³/mol. The van der Waals surface area contributed by atoms with Crippen LogP contribution in [0.3, 0.4) is 0 Å². The van der Waals surface area contributed by atoms with Gasteiger partial charge in [-0.15, -0.1) is 0 Å². The van der Waals surface area contributed by atoms with E-state index in [9.17, 15) is 14.4 Å². The second kappa shape index (κ2) is 50.8. The van der Waals surface area contributed by atoms with Crippen LogP contribution in [-0.2, 0) is 28.6 Å². The molecule has 380 valence electrons. The SMILES string of the molecule is CCCCCCCCCCCCCC(=O)OC[C@H](COC(=O)CCCCCCCCCCCCCCCCCCCCC(C)C)OC(=O)CCCCCCCCCCCCC(C)CC. The van der Waals surface area contributed by atoms with Gasteiger partial charge in [-0.05, 0) is 31.1 Å². The third kappa shape index (κ3) is 49.8. The van der Waals surface area contributed by atoms with Crippen LogP contribution in [0.4, 0.5) is 0 Å². The summed E-state index contributed by atoms with van der Waals surface area (Å²) in [6.07, 6.45) is 53.8. The van der Waals surface area contributed by atoms with Gasteiger partial charge < -0.3 is 14.2 Å². The highest BCUT2D eigenvalue weighted by molar-refractivity contribution is 5.71. The Morgan fingerprint density at radius 1 is 0.328 bits per heavy atom. The van der Waals surface area contributed by atoms with Gasteiger partial charge >= 0.3 is 17.9 Å². The zero-order chi connectivity index (χ0) is 46.8. The lowest BCUT2D eigenvalue weighted by Crippen LogP contribution is -2.30. The van der Waals surface area contributed by atoms with E-state index in [1.54, 1.807) is 0 Å². The Hall–Kier alpha value is -1.59. The monoisotopic (exact) mass is 905 g/mol. The summed E-state index contributed by atoms with van der Waals surface area (Å²) in [6, 6.07) is 0. The van der Waals surface area contributed by atoms with Crippen LogP contribution >= 0.6 is 0 Å². The summed E-state index contributed by atoms with van der Waals surface area (Å²) in [7, 11) is 0. The normalized spacial score (nSPS) is 12.5. The van der Waals surface area contributed by atoms with E-state index in [0.717, 1.165) is 69.6 Å². The van der Waals surface area contributed by atoms with Crippen LogP contribution < -0.4 is 0 Å². The molecule has 0 bridgehead atoms. The second-order valence-corrected chi connectivity index (χ2v) is 20.6. The smallest absolute Gasteiger partial charge is 0.306 e. The highest BCUT2D eigenvalue weighted by atomic mass is 16.6.